The van der Waals surface area contributed by atoms with Crippen LogP contribution in [-0.2, 0) is 41.6 Å². The minimum absolute atomic E-state index is 0. The summed E-state index contributed by atoms with van der Waals surface area (Å²) in [6, 6.07) is 7.43. The van der Waals surface area contributed by atoms with Gasteiger partial charge in [-0.3, -0.25) is 25.2 Å². The van der Waals surface area contributed by atoms with Gasteiger partial charge in [-0.2, -0.15) is 0 Å². The van der Waals surface area contributed by atoms with Crippen molar-refractivity contribution in [3.63, 3.8) is 0 Å². The van der Waals surface area contributed by atoms with Crippen molar-refractivity contribution in [1.82, 2.24) is 19.8 Å². The molecule has 2 fully saturated rings. The van der Waals surface area contributed by atoms with Crippen LogP contribution in [0.25, 0.3) is 0 Å². The predicted octanol–water partition coefficient (Wildman–Crippen LogP) is 6.79. The van der Waals surface area contributed by atoms with Gasteiger partial charge in [0.2, 0.25) is 0 Å². The summed E-state index contributed by atoms with van der Waals surface area (Å²) in [6.07, 6.45) is 4.52. The number of hydrogen-bond donors (Lipinski definition) is 3. The summed E-state index contributed by atoms with van der Waals surface area (Å²) in [5.41, 5.74) is -0.497. The molecule has 0 spiro atoms. The molecule has 4 rings (SSSR count). The van der Waals surface area contributed by atoms with E-state index in [0.29, 0.717) is 50.7 Å². The molecule has 2 aliphatic rings. The van der Waals surface area contributed by atoms with E-state index in [1.165, 1.54) is 0 Å². The van der Waals surface area contributed by atoms with Crippen molar-refractivity contribution in [2.24, 2.45) is 5.92 Å². The summed E-state index contributed by atoms with van der Waals surface area (Å²) < 4.78 is 20.5. The van der Waals surface area contributed by atoms with Crippen molar-refractivity contribution in [2.75, 3.05) is 50.0 Å². The minimum Gasteiger partial charge on any atom is -0.466 e. The van der Waals surface area contributed by atoms with Crippen molar-refractivity contribution >= 4 is 35.8 Å². The van der Waals surface area contributed by atoms with Gasteiger partial charge < -0.3 is 24.1 Å². The highest BCUT2D eigenvalue weighted by molar-refractivity contribution is 5.84. The van der Waals surface area contributed by atoms with Crippen LogP contribution in [0.15, 0.2) is 36.7 Å². The predicted molar refractivity (Wildman–Crippen MR) is 212 cm³/mol. The topological polar surface area (TPSA) is 182 Å². The molecular formula is C40H66N6O9. The number of likely N-dealkylation sites (tertiary alicyclic amines) is 2. The smallest absolute Gasteiger partial charge is 0.413 e. The molecule has 310 valence electrons. The average molecular weight is 775 g/mol. The lowest BCUT2D eigenvalue weighted by Crippen LogP contribution is -2.49. The van der Waals surface area contributed by atoms with Crippen molar-refractivity contribution in [3.8, 4) is 0 Å². The Morgan fingerprint density at radius 3 is 1.56 bits per heavy atom. The van der Waals surface area contributed by atoms with Gasteiger partial charge in [0.15, 0.2) is 5.60 Å². The molecule has 0 aromatic carbocycles. The van der Waals surface area contributed by atoms with E-state index in [1.54, 1.807) is 46.2 Å². The second-order valence-corrected chi connectivity index (χ2v) is 15.2. The average Bonchev–Trinajstić information content (AvgIpc) is 3.05. The zero-order chi connectivity index (χ0) is 39.2. The fourth-order valence-electron chi connectivity index (χ4n) is 5.75. The van der Waals surface area contributed by atoms with Crippen LogP contribution in [0.1, 0.15) is 107 Å². The lowest BCUT2D eigenvalue weighted by atomic mass is 9.91. The first-order valence-electron chi connectivity index (χ1n) is 18.3. The molecule has 55 heavy (non-hydrogen) atoms. The third kappa shape index (κ3) is 17.8. The van der Waals surface area contributed by atoms with E-state index in [4.69, 9.17) is 18.9 Å². The highest BCUT2D eigenvalue weighted by Crippen LogP contribution is 2.25. The van der Waals surface area contributed by atoms with Gasteiger partial charge in [-0.05, 0) is 130 Å². The lowest BCUT2D eigenvalue weighted by Gasteiger charge is -2.36. The standard InChI is InChI=1S/C19H29N3O5.C19H29N3O4.2CH4/c1-5-26-16(23)19(25)7-10-22(11-8-19)13-14-6-9-20-15(12-14)21-17(24)27-18(2,3)4;1-5-25-17(23)15-7-10-22(11-8-15)13-14-6-9-20-16(12-14)21-18(24)26-19(2,3)4;;/h6,9,12,25H,5,7-8,10-11,13H2,1-4H3,(H,20,21,24);6,9,12,15H,5,7-8,10-11,13H2,1-4H3,(H,20,21,24);2*1H4. The molecule has 15 heteroatoms. The molecule has 2 aliphatic heterocycles. The van der Waals surface area contributed by atoms with Crippen molar-refractivity contribution in [3.05, 3.63) is 47.8 Å². The Labute approximate surface area is 327 Å². The maximum absolute atomic E-state index is 11.9. The Bertz CT molecular complexity index is 1510. The number of rotatable bonds is 10. The number of amides is 2. The zero-order valence-corrected chi connectivity index (χ0v) is 32.5. The molecule has 0 unspecified atom stereocenters. The molecule has 4 heterocycles. The van der Waals surface area contributed by atoms with Crippen molar-refractivity contribution in [2.45, 2.75) is 126 Å². The molecule has 2 aromatic rings. The molecule has 0 saturated carbocycles. The van der Waals surface area contributed by atoms with E-state index >= 15 is 0 Å². The molecule has 15 nitrogen and oxygen atoms in total. The number of pyridine rings is 2. The summed E-state index contributed by atoms with van der Waals surface area (Å²) in [6.45, 7) is 19.3. The van der Waals surface area contributed by atoms with Crippen LogP contribution >= 0.6 is 0 Å². The van der Waals surface area contributed by atoms with Gasteiger partial charge in [-0.1, -0.05) is 14.9 Å². The fourth-order valence-corrected chi connectivity index (χ4v) is 5.75. The number of aliphatic hydroxyl groups is 1. The maximum Gasteiger partial charge on any atom is 0.413 e. The molecular weight excluding hydrogens is 708 g/mol. The first-order valence-corrected chi connectivity index (χ1v) is 18.3. The van der Waals surface area contributed by atoms with Crippen LogP contribution in [0.4, 0.5) is 21.2 Å². The molecule has 2 saturated heterocycles. The Hall–Kier alpha value is -4.34. The van der Waals surface area contributed by atoms with Crippen LogP contribution in [0.2, 0.25) is 0 Å². The van der Waals surface area contributed by atoms with Gasteiger partial charge in [0.25, 0.3) is 0 Å². The van der Waals surface area contributed by atoms with Crippen LogP contribution in [0, 0.1) is 5.92 Å². The Balaban J connectivity index is 0.000000531. The summed E-state index contributed by atoms with van der Waals surface area (Å²) in [7, 11) is 0. The maximum atomic E-state index is 11.9. The Morgan fingerprint density at radius 1 is 0.745 bits per heavy atom. The second-order valence-electron chi connectivity index (χ2n) is 15.2. The van der Waals surface area contributed by atoms with Gasteiger partial charge in [0.05, 0.1) is 19.1 Å². The number of aromatic nitrogens is 2. The highest BCUT2D eigenvalue weighted by atomic mass is 16.6. The van der Waals surface area contributed by atoms with Gasteiger partial charge in [-0.15, -0.1) is 0 Å². The number of nitrogens with one attached hydrogen (secondary N) is 2. The lowest BCUT2D eigenvalue weighted by molar-refractivity contribution is -0.170. The monoisotopic (exact) mass is 774 g/mol. The summed E-state index contributed by atoms with van der Waals surface area (Å²) in [5, 5.41) is 15.7. The van der Waals surface area contributed by atoms with E-state index in [1.807, 2.05) is 45.9 Å². The third-order valence-corrected chi connectivity index (χ3v) is 8.27. The first-order chi connectivity index (χ1) is 24.9. The van der Waals surface area contributed by atoms with Crippen LogP contribution < -0.4 is 10.6 Å². The fraction of sp³-hybridized carbons (Fsp3) is 0.650. The number of piperidine rings is 2. The Kier molecular flexibility index (Phi) is 19.7. The van der Waals surface area contributed by atoms with Gasteiger partial charge in [0, 0.05) is 38.6 Å². The van der Waals surface area contributed by atoms with E-state index in [-0.39, 0.29) is 33.3 Å². The first kappa shape index (κ1) is 48.7. The summed E-state index contributed by atoms with van der Waals surface area (Å²) in [4.78, 5) is 60.1. The van der Waals surface area contributed by atoms with E-state index in [0.717, 1.165) is 43.6 Å². The van der Waals surface area contributed by atoms with Gasteiger partial charge in [0.1, 0.15) is 22.8 Å². The van der Waals surface area contributed by atoms with Gasteiger partial charge in [-0.25, -0.2) is 24.4 Å². The number of esters is 2. The van der Waals surface area contributed by atoms with Crippen molar-refractivity contribution in [1.29, 1.82) is 0 Å². The quantitative estimate of drug-likeness (QED) is 0.170. The van der Waals surface area contributed by atoms with Crippen molar-refractivity contribution < 1.29 is 43.2 Å². The summed E-state index contributed by atoms with van der Waals surface area (Å²) in [5.74, 6) is 0.269. The normalized spacial score (nSPS) is 16.1. The number of anilines is 2. The van der Waals surface area contributed by atoms with E-state index in [2.05, 4.69) is 30.4 Å². The summed E-state index contributed by atoms with van der Waals surface area (Å²) >= 11 is 0. The molecule has 0 bridgehead atoms. The molecule has 2 aromatic heterocycles. The molecule has 3 N–H and O–H groups in total. The number of ether oxygens (including phenoxy) is 4. The largest absolute Gasteiger partial charge is 0.466 e. The van der Waals surface area contributed by atoms with Crippen LogP contribution in [-0.4, -0.2) is 105 Å². The van der Waals surface area contributed by atoms with Crippen LogP contribution in [0.3, 0.4) is 0 Å². The van der Waals surface area contributed by atoms with E-state index in [9.17, 15) is 24.3 Å². The van der Waals surface area contributed by atoms with Crippen LogP contribution in [0.5, 0.6) is 0 Å². The van der Waals surface area contributed by atoms with E-state index < -0.39 is 35.0 Å². The molecule has 0 atom stereocenters. The Morgan fingerprint density at radius 2 is 1.16 bits per heavy atom. The number of nitrogens with zero attached hydrogens (tertiary/aromatic N) is 4. The number of hydrogen-bond acceptors (Lipinski definition) is 13. The highest BCUT2D eigenvalue weighted by Gasteiger charge is 2.40. The SMILES string of the molecule is C.C.CCOC(=O)C1(O)CCN(Cc2ccnc(NC(=O)OC(C)(C)C)c2)CC1.CCOC(=O)C1CCN(Cc2ccnc(NC(=O)OC(C)(C)C)c2)CC1. The third-order valence-electron chi connectivity index (χ3n) is 8.27. The number of carbonyl (C=O) groups excluding carboxylic acids is 4. The molecule has 0 aliphatic carbocycles. The second kappa shape index (κ2) is 22.3. The zero-order valence-electron chi connectivity index (χ0n) is 32.5. The minimum atomic E-state index is -1.39. The molecule has 2 amide bonds. The molecule has 0 radical (unpaired) electrons. The van der Waals surface area contributed by atoms with Gasteiger partial charge >= 0.3 is 24.1 Å². The number of carbonyl (C=O) groups is 4.